The summed E-state index contributed by atoms with van der Waals surface area (Å²) in [5, 5.41) is 8.88. The molecular formula is C21H24N4OS. The van der Waals surface area contributed by atoms with Crippen LogP contribution in [0.1, 0.15) is 54.5 Å². The minimum Gasteiger partial charge on any atom is -0.320 e. The third-order valence-electron chi connectivity index (χ3n) is 4.95. The molecule has 1 aliphatic rings. The quantitative estimate of drug-likeness (QED) is 0.682. The summed E-state index contributed by atoms with van der Waals surface area (Å²) < 4.78 is 2.23. The smallest absolute Gasteiger partial charge is 0.281 e. The number of carbonyl (C=O) groups excluding carboxylic acids is 1. The summed E-state index contributed by atoms with van der Waals surface area (Å²) in [7, 11) is 0. The first kappa shape index (κ1) is 18.0. The fourth-order valence-corrected chi connectivity index (χ4v) is 4.56. The van der Waals surface area contributed by atoms with Crippen LogP contribution in [0, 0.1) is 12.8 Å². The fraction of sp³-hybridized carbons (Fsp3) is 0.429. The number of amides is 1. The Labute approximate surface area is 162 Å². The van der Waals surface area contributed by atoms with E-state index < -0.39 is 0 Å². The third kappa shape index (κ3) is 3.58. The standard InChI is InChI=1S/C21H24N4OS/c1-13-18(21(2,3)4)27-20(25(13)12-14-9-10-14)23-19(26)16-11-22-24-17-8-6-5-7-15(16)17/h5-8,11,14H,9-10,12H2,1-4H3. The summed E-state index contributed by atoms with van der Waals surface area (Å²) in [5.74, 6) is 0.455. The van der Waals surface area contributed by atoms with Crippen molar-refractivity contribution < 1.29 is 4.79 Å². The molecule has 27 heavy (non-hydrogen) atoms. The second kappa shape index (κ2) is 6.68. The van der Waals surface area contributed by atoms with Gasteiger partial charge in [0.1, 0.15) is 0 Å². The Hall–Kier alpha value is -2.34. The van der Waals surface area contributed by atoms with Crippen LogP contribution in [0.25, 0.3) is 10.9 Å². The summed E-state index contributed by atoms with van der Waals surface area (Å²) in [5.41, 5.74) is 2.47. The second-order valence-corrected chi connectivity index (χ2v) is 9.27. The van der Waals surface area contributed by atoms with E-state index in [0.29, 0.717) is 17.0 Å². The van der Waals surface area contributed by atoms with Gasteiger partial charge in [0.25, 0.3) is 5.91 Å². The molecule has 6 heteroatoms. The summed E-state index contributed by atoms with van der Waals surface area (Å²) in [6, 6.07) is 7.55. The van der Waals surface area contributed by atoms with Crippen LogP contribution in [0.2, 0.25) is 0 Å². The molecule has 0 atom stereocenters. The normalized spacial score (nSPS) is 15.5. The highest BCUT2D eigenvalue weighted by atomic mass is 32.1. The van der Waals surface area contributed by atoms with Crippen LogP contribution in [0.4, 0.5) is 0 Å². The number of hydrogen-bond acceptors (Lipinski definition) is 4. The minimum atomic E-state index is -0.257. The van der Waals surface area contributed by atoms with Gasteiger partial charge in [0.05, 0.1) is 17.3 Å². The molecule has 5 nitrogen and oxygen atoms in total. The molecule has 0 spiro atoms. The van der Waals surface area contributed by atoms with Gasteiger partial charge < -0.3 is 4.57 Å². The number of carbonyl (C=O) groups is 1. The minimum absolute atomic E-state index is 0.0296. The number of fused-ring (bicyclic) bond motifs is 1. The Morgan fingerprint density at radius 3 is 2.74 bits per heavy atom. The van der Waals surface area contributed by atoms with Crippen molar-refractivity contribution in [3.63, 3.8) is 0 Å². The highest BCUT2D eigenvalue weighted by Gasteiger charge is 2.27. The maximum atomic E-state index is 13.0. The van der Waals surface area contributed by atoms with Gasteiger partial charge in [-0.15, -0.1) is 11.3 Å². The first-order chi connectivity index (χ1) is 12.8. The molecule has 1 amide bonds. The molecule has 4 rings (SSSR count). The van der Waals surface area contributed by atoms with E-state index in [-0.39, 0.29) is 11.3 Å². The first-order valence-corrected chi connectivity index (χ1v) is 10.2. The molecule has 0 aliphatic heterocycles. The molecule has 0 radical (unpaired) electrons. The Morgan fingerprint density at radius 2 is 2.04 bits per heavy atom. The molecule has 1 aliphatic carbocycles. The van der Waals surface area contributed by atoms with Gasteiger partial charge in [-0.2, -0.15) is 15.2 Å². The lowest BCUT2D eigenvalue weighted by Crippen LogP contribution is -2.20. The first-order valence-electron chi connectivity index (χ1n) is 9.35. The lowest BCUT2D eigenvalue weighted by molar-refractivity contribution is 0.0999. The highest BCUT2D eigenvalue weighted by molar-refractivity contribution is 7.09. The SMILES string of the molecule is Cc1c(C(C)(C)C)sc(=NC(=O)c2cnnc3ccccc23)n1CC1CC1. The maximum absolute atomic E-state index is 13.0. The number of hydrogen-bond donors (Lipinski definition) is 0. The van der Waals surface area contributed by atoms with E-state index in [1.807, 2.05) is 24.3 Å². The van der Waals surface area contributed by atoms with Crippen LogP contribution in [-0.4, -0.2) is 20.7 Å². The van der Waals surface area contributed by atoms with E-state index in [9.17, 15) is 4.79 Å². The van der Waals surface area contributed by atoms with Gasteiger partial charge in [-0.1, -0.05) is 39.0 Å². The van der Waals surface area contributed by atoms with Gasteiger partial charge in [-0.3, -0.25) is 4.79 Å². The molecule has 0 unspecified atom stereocenters. The summed E-state index contributed by atoms with van der Waals surface area (Å²) in [4.78, 5) is 19.6. The molecular weight excluding hydrogens is 356 g/mol. The molecule has 0 saturated heterocycles. The van der Waals surface area contributed by atoms with Gasteiger partial charge in [0.2, 0.25) is 0 Å². The predicted molar refractivity (Wildman–Crippen MR) is 108 cm³/mol. The Kier molecular flexibility index (Phi) is 4.46. The Morgan fingerprint density at radius 1 is 1.30 bits per heavy atom. The van der Waals surface area contributed by atoms with E-state index in [1.54, 1.807) is 11.3 Å². The lowest BCUT2D eigenvalue weighted by Gasteiger charge is -2.17. The van der Waals surface area contributed by atoms with Crippen LogP contribution < -0.4 is 4.80 Å². The highest BCUT2D eigenvalue weighted by Crippen LogP contribution is 2.33. The molecule has 1 aromatic carbocycles. The molecule has 3 aromatic rings. The van der Waals surface area contributed by atoms with E-state index in [2.05, 4.69) is 47.5 Å². The zero-order chi connectivity index (χ0) is 19.2. The maximum Gasteiger partial charge on any atom is 0.281 e. The van der Waals surface area contributed by atoms with Crippen molar-refractivity contribution in [1.82, 2.24) is 14.8 Å². The number of thiazole rings is 1. The number of nitrogens with zero attached hydrogens (tertiary/aromatic N) is 4. The molecule has 140 valence electrons. The summed E-state index contributed by atoms with van der Waals surface area (Å²) >= 11 is 1.63. The number of rotatable bonds is 3. The zero-order valence-electron chi connectivity index (χ0n) is 16.2. The van der Waals surface area contributed by atoms with Crippen LogP contribution in [0.15, 0.2) is 35.5 Å². The molecule has 2 aromatic heterocycles. The number of aromatic nitrogens is 3. The zero-order valence-corrected chi connectivity index (χ0v) is 17.0. The van der Waals surface area contributed by atoms with Crippen molar-refractivity contribution in [2.45, 2.75) is 52.5 Å². The lowest BCUT2D eigenvalue weighted by atomic mass is 9.93. The summed E-state index contributed by atoms with van der Waals surface area (Å²) in [6.07, 6.45) is 4.05. The monoisotopic (exact) mass is 380 g/mol. The van der Waals surface area contributed by atoms with Crippen molar-refractivity contribution in [2.75, 3.05) is 0 Å². The van der Waals surface area contributed by atoms with Crippen LogP contribution in [0.3, 0.4) is 0 Å². The molecule has 1 fully saturated rings. The Bertz CT molecular complexity index is 1080. The predicted octanol–water partition coefficient (Wildman–Crippen LogP) is 4.25. The summed E-state index contributed by atoms with van der Waals surface area (Å²) in [6.45, 7) is 9.71. The molecule has 2 heterocycles. The van der Waals surface area contributed by atoms with E-state index >= 15 is 0 Å². The average Bonchev–Trinajstić information content (AvgIpc) is 3.39. The van der Waals surface area contributed by atoms with Crippen molar-refractivity contribution in [2.24, 2.45) is 10.9 Å². The van der Waals surface area contributed by atoms with Gasteiger partial charge >= 0.3 is 0 Å². The third-order valence-corrected chi connectivity index (χ3v) is 6.56. The van der Waals surface area contributed by atoms with Crippen LogP contribution in [0.5, 0.6) is 0 Å². The molecule has 0 N–H and O–H groups in total. The van der Waals surface area contributed by atoms with Crippen molar-refractivity contribution in [3.8, 4) is 0 Å². The van der Waals surface area contributed by atoms with Crippen molar-refractivity contribution >= 4 is 28.1 Å². The van der Waals surface area contributed by atoms with Crippen LogP contribution >= 0.6 is 11.3 Å². The van der Waals surface area contributed by atoms with Gasteiger partial charge in [0.15, 0.2) is 4.80 Å². The van der Waals surface area contributed by atoms with Gasteiger partial charge in [0, 0.05) is 22.5 Å². The van der Waals surface area contributed by atoms with Gasteiger partial charge in [-0.05, 0) is 37.2 Å². The topological polar surface area (TPSA) is 60.1 Å². The molecule has 1 saturated carbocycles. The second-order valence-electron chi connectivity index (χ2n) is 8.30. The fourth-order valence-electron chi connectivity index (χ4n) is 3.36. The average molecular weight is 381 g/mol. The van der Waals surface area contributed by atoms with E-state index in [1.165, 1.54) is 29.6 Å². The molecule has 0 bridgehead atoms. The van der Waals surface area contributed by atoms with E-state index in [4.69, 9.17) is 0 Å². The Balaban J connectivity index is 1.84. The van der Waals surface area contributed by atoms with Crippen LogP contribution in [-0.2, 0) is 12.0 Å². The van der Waals surface area contributed by atoms with E-state index in [0.717, 1.165) is 16.7 Å². The largest absolute Gasteiger partial charge is 0.320 e. The number of benzene rings is 1. The van der Waals surface area contributed by atoms with Gasteiger partial charge in [-0.25, -0.2) is 0 Å². The van der Waals surface area contributed by atoms with Crippen molar-refractivity contribution in [3.05, 3.63) is 51.4 Å². The van der Waals surface area contributed by atoms with Crippen molar-refractivity contribution in [1.29, 1.82) is 0 Å².